The van der Waals surface area contributed by atoms with Crippen LogP contribution in [0.25, 0.3) is 6.08 Å². The predicted molar refractivity (Wildman–Crippen MR) is 142 cm³/mol. The minimum atomic E-state index is -0.722. The molecule has 1 atom stereocenters. The summed E-state index contributed by atoms with van der Waals surface area (Å²) in [5, 5.41) is 0.547. The lowest BCUT2D eigenvalue weighted by Crippen LogP contribution is -2.40. The molecular weight excluding hydrogens is 516 g/mol. The fourth-order valence-electron chi connectivity index (χ4n) is 4.04. The second-order valence-corrected chi connectivity index (χ2v) is 9.55. The van der Waals surface area contributed by atoms with Gasteiger partial charge >= 0.3 is 5.97 Å². The Bertz CT molecular complexity index is 1510. The first kappa shape index (κ1) is 26.7. The van der Waals surface area contributed by atoms with Crippen molar-refractivity contribution in [3.05, 3.63) is 89.6 Å². The highest BCUT2D eigenvalue weighted by Gasteiger charge is 2.33. The van der Waals surface area contributed by atoms with E-state index in [0.29, 0.717) is 49.3 Å². The number of esters is 1. The number of nitrogens with zero attached hydrogens (tertiary/aromatic N) is 2. The van der Waals surface area contributed by atoms with E-state index < -0.39 is 12.0 Å². The molecule has 0 spiro atoms. The second-order valence-electron chi connectivity index (χ2n) is 8.11. The van der Waals surface area contributed by atoms with Gasteiger partial charge in [-0.1, -0.05) is 41.1 Å². The maximum atomic E-state index is 13.7. The molecule has 1 aliphatic rings. The van der Waals surface area contributed by atoms with Gasteiger partial charge < -0.3 is 18.9 Å². The van der Waals surface area contributed by atoms with E-state index in [1.54, 1.807) is 50.4 Å². The number of allylic oxidation sites excluding steroid dienone is 1. The lowest BCUT2D eigenvalue weighted by Gasteiger charge is -2.24. The van der Waals surface area contributed by atoms with Crippen molar-refractivity contribution in [2.75, 3.05) is 34.0 Å². The van der Waals surface area contributed by atoms with Crippen LogP contribution in [0.15, 0.2) is 63.5 Å². The van der Waals surface area contributed by atoms with Crippen LogP contribution in [-0.2, 0) is 14.3 Å². The Morgan fingerprint density at radius 1 is 1.14 bits per heavy atom. The molecule has 1 unspecified atom stereocenters. The highest BCUT2D eigenvalue weighted by molar-refractivity contribution is 7.07. The molecule has 0 N–H and O–H groups in total. The zero-order valence-corrected chi connectivity index (χ0v) is 22.5. The number of carbonyl (C=O) groups excluding carboxylic acids is 1. The van der Waals surface area contributed by atoms with Crippen LogP contribution in [0.3, 0.4) is 0 Å². The summed E-state index contributed by atoms with van der Waals surface area (Å²) in [5.41, 5.74) is 1.99. The Morgan fingerprint density at radius 2 is 1.89 bits per heavy atom. The Hall–Kier alpha value is -3.40. The quantitative estimate of drug-likeness (QED) is 0.304. The van der Waals surface area contributed by atoms with Crippen LogP contribution in [-0.4, -0.2) is 44.6 Å². The predicted octanol–water partition coefficient (Wildman–Crippen LogP) is 3.49. The molecule has 2 aromatic carbocycles. The van der Waals surface area contributed by atoms with Crippen molar-refractivity contribution in [2.45, 2.75) is 19.9 Å². The van der Waals surface area contributed by atoms with Gasteiger partial charge in [0.05, 0.1) is 42.2 Å². The molecule has 194 valence electrons. The van der Waals surface area contributed by atoms with Crippen molar-refractivity contribution in [1.29, 1.82) is 0 Å². The van der Waals surface area contributed by atoms with Gasteiger partial charge in [-0.3, -0.25) is 9.36 Å². The molecule has 37 heavy (non-hydrogen) atoms. The van der Waals surface area contributed by atoms with Gasteiger partial charge in [-0.25, -0.2) is 9.79 Å². The number of rotatable bonds is 9. The van der Waals surface area contributed by atoms with Crippen molar-refractivity contribution in [2.24, 2.45) is 4.99 Å². The average Bonchev–Trinajstić information content (AvgIpc) is 3.18. The third kappa shape index (κ3) is 5.64. The monoisotopic (exact) mass is 542 g/mol. The lowest BCUT2D eigenvalue weighted by molar-refractivity contribution is -0.140. The van der Waals surface area contributed by atoms with Crippen LogP contribution in [0.1, 0.15) is 31.0 Å². The van der Waals surface area contributed by atoms with Gasteiger partial charge in [0.15, 0.2) is 16.3 Å². The first-order valence-corrected chi connectivity index (χ1v) is 12.8. The van der Waals surface area contributed by atoms with Gasteiger partial charge in [-0.15, -0.1) is 0 Å². The molecule has 1 aliphatic heterocycles. The highest BCUT2D eigenvalue weighted by Crippen LogP contribution is 2.31. The van der Waals surface area contributed by atoms with Crippen LogP contribution >= 0.6 is 22.9 Å². The maximum absolute atomic E-state index is 13.7. The number of thiazole rings is 1. The van der Waals surface area contributed by atoms with E-state index in [1.807, 2.05) is 19.1 Å². The first-order chi connectivity index (χ1) is 17.9. The molecule has 3 aromatic rings. The van der Waals surface area contributed by atoms with E-state index in [-0.39, 0.29) is 18.8 Å². The van der Waals surface area contributed by atoms with Crippen LogP contribution in [0.4, 0.5) is 0 Å². The van der Waals surface area contributed by atoms with E-state index in [4.69, 9.17) is 30.5 Å². The van der Waals surface area contributed by atoms with Crippen molar-refractivity contribution in [3.63, 3.8) is 0 Å². The number of carbonyl (C=O) groups is 1. The third-order valence-corrected chi connectivity index (χ3v) is 6.97. The normalized spacial score (nSPS) is 15.3. The van der Waals surface area contributed by atoms with Crippen molar-refractivity contribution in [3.8, 4) is 11.5 Å². The SMILES string of the molecule is CCOc1cc(C=c2sc3n(c2=O)C(c2ccc(Cl)cc2)C(C(=O)OCCOC)=C(C)N=3)ccc1OC. The molecule has 4 rings (SSSR count). The lowest BCUT2D eigenvalue weighted by atomic mass is 9.96. The zero-order valence-electron chi connectivity index (χ0n) is 20.9. The van der Waals surface area contributed by atoms with Gasteiger partial charge in [0.1, 0.15) is 6.61 Å². The Kier molecular flexibility index (Phi) is 8.48. The first-order valence-electron chi connectivity index (χ1n) is 11.6. The maximum Gasteiger partial charge on any atom is 0.338 e. The molecule has 0 saturated carbocycles. The van der Waals surface area contributed by atoms with Crippen molar-refractivity contribution in [1.82, 2.24) is 4.57 Å². The zero-order chi connectivity index (χ0) is 26.5. The topological polar surface area (TPSA) is 88.4 Å². The van der Waals surface area contributed by atoms with E-state index >= 15 is 0 Å². The van der Waals surface area contributed by atoms with Crippen LogP contribution < -0.4 is 24.4 Å². The van der Waals surface area contributed by atoms with Gasteiger partial charge in [0.25, 0.3) is 5.56 Å². The summed E-state index contributed by atoms with van der Waals surface area (Å²) in [6.07, 6.45) is 1.78. The van der Waals surface area contributed by atoms with Gasteiger partial charge in [-0.2, -0.15) is 0 Å². The molecule has 0 saturated heterocycles. The van der Waals surface area contributed by atoms with Crippen molar-refractivity contribution < 1.29 is 23.7 Å². The second kappa shape index (κ2) is 11.8. The fraction of sp³-hybridized carbons (Fsp3) is 0.296. The molecule has 2 heterocycles. The Morgan fingerprint density at radius 3 is 2.57 bits per heavy atom. The summed E-state index contributed by atoms with van der Waals surface area (Å²) in [6.45, 7) is 4.45. The number of hydrogen-bond donors (Lipinski definition) is 0. The molecule has 8 nitrogen and oxygen atoms in total. The molecule has 10 heteroatoms. The third-order valence-electron chi connectivity index (χ3n) is 5.73. The van der Waals surface area contributed by atoms with E-state index in [1.165, 1.54) is 23.0 Å². The standard InChI is InChI=1S/C27H27ClN2O6S/c1-5-35-21-14-17(6-11-20(21)34-4)15-22-25(31)30-24(18-7-9-19(28)10-8-18)23(16(2)29-27(30)37-22)26(32)36-13-12-33-3/h6-11,14-15,24H,5,12-13H2,1-4H3. The fourth-order valence-corrected chi connectivity index (χ4v) is 5.21. The number of ether oxygens (including phenoxy) is 4. The summed E-state index contributed by atoms with van der Waals surface area (Å²) in [6, 6.07) is 11.8. The van der Waals surface area contributed by atoms with E-state index in [9.17, 15) is 9.59 Å². The van der Waals surface area contributed by atoms with Gasteiger partial charge in [0.2, 0.25) is 0 Å². The smallest absolute Gasteiger partial charge is 0.338 e. The molecule has 0 fully saturated rings. The molecule has 0 radical (unpaired) electrons. The summed E-state index contributed by atoms with van der Waals surface area (Å²) in [5.74, 6) is 0.641. The van der Waals surface area contributed by atoms with Crippen LogP contribution in [0.2, 0.25) is 5.02 Å². The van der Waals surface area contributed by atoms with Crippen LogP contribution in [0.5, 0.6) is 11.5 Å². The number of fused-ring (bicyclic) bond motifs is 1. The molecule has 0 bridgehead atoms. The van der Waals surface area contributed by atoms with Gasteiger partial charge in [0, 0.05) is 12.1 Å². The molecular formula is C27H27ClN2O6S. The highest BCUT2D eigenvalue weighted by atomic mass is 35.5. The van der Waals surface area contributed by atoms with E-state index in [2.05, 4.69) is 4.99 Å². The van der Waals surface area contributed by atoms with Gasteiger partial charge in [-0.05, 0) is 55.3 Å². The molecule has 0 aliphatic carbocycles. The minimum absolute atomic E-state index is 0.0868. The summed E-state index contributed by atoms with van der Waals surface area (Å²) >= 11 is 7.37. The number of halogens is 1. The number of hydrogen-bond acceptors (Lipinski definition) is 8. The Balaban J connectivity index is 1.86. The minimum Gasteiger partial charge on any atom is -0.493 e. The van der Waals surface area contributed by atoms with E-state index in [0.717, 1.165) is 5.56 Å². The molecule has 0 amide bonds. The average molecular weight is 543 g/mol. The van der Waals surface area contributed by atoms with Crippen molar-refractivity contribution >= 4 is 35.0 Å². The number of aromatic nitrogens is 1. The summed E-state index contributed by atoms with van der Waals surface area (Å²) in [4.78, 5) is 32.0. The number of benzene rings is 2. The van der Waals surface area contributed by atoms with Crippen LogP contribution in [0, 0.1) is 0 Å². The summed E-state index contributed by atoms with van der Waals surface area (Å²) in [7, 11) is 3.10. The largest absolute Gasteiger partial charge is 0.493 e. The molecule has 1 aromatic heterocycles. The Labute approximate surface area is 223 Å². The number of methoxy groups -OCH3 is 2. The summed E-state index contributed by atoms with van der Waals surface area (Å²) < 4.78 is 23.5.